The van der Waals surface area contributed by atoms with Gasteiger partial charge >= 0.3 is 5.97 Å². The molecule has 1 rings (SSSR count). The van der Waals surface area contributed by atoms with Gasteiger partial charge in [-0.05, 0) is 37.1 Å². The number of hydrogen-bond acceptors (Lipinski definition) is 6. The lowest BCUT2D eigenvalue weighted by molar-refractivity contribution is -0.140. The molecule has 0 saturated heterocycles. The number of esters is 1. The van der Waals surface area contributed by atoms with Crippen LogP contribution < -0.4 is 4.74 Å². The third kappa shape index (κ3) is 12.0. The minimum absolute atomic E-state index is 0.0500. The molecule has 30 heavy (non-hydrogen) atoms. The van der Waals surface area contributed by atoms with Crippen molar-refractivity contribution in [2.24, 2.45) is 0 Å². The van der Waals surface area contributed by atoms with E-state index in [9.17, 15) is 24.5 Å². The van der Waals surface area contributed by atoms with Gasteiger partial charge in [-0.3, -0.25) is 4.79 Å². The summed E-state index contributed by atoms with van der Waals surface area (Å²) >= 11 is 0. The lowest BCUT2D eigenvalue weighted by Gasteiger charge is -2.13. The van der Waals surface area contributed by atoms with Gasteiger partial charge in [0, 0.05) is 6.42 Å². The molecule has 6 nitrogen and oxygen atoms in total. The highest BCUT2D eigenvalue weighted by molar-refractivity contribution is 5.68. The van der Waals surface area contributed by atoms with Gasteiger partial charge in [-0.2, -0.15) is 0 Å². The van der Waals surface area contributed by atoms with Crippen LogP contribution in [0.15, 0.2) is 72.9 Å². The van der Waals surface area contributed by atoms with Crippen molar-refractivity contribution in [1.82, 2.24) is 0 Å². The van der Waals surface area contributed by atoms with Gasteiger partial charge in [0.05, 0.1) is 19.3 Å². The highest BCUT2D eigenvalue weighted by atomic mass is 19.1. The zero-order valence-electron chi connectivity index (χ0n) is 16.9. The smallest absolute Gasteiger partial charge is 0.305 e. The summed E-state index contributed by atoms with van der Waals surface area (Å²) in [5.74, 6) is -0.217. The van der Waals surface area contributed by atoms with E-state index in [1.54, 1.807) is 42.5 Å². The van der Waals surface area contributed by atoms with E-state index >= 15 is 0 Å². The van der Waals surface area contributed by atoms with Crippen LogP contribution in [0.4, 0.5) is 4.39 Å². The van der Waals surface area contributed by atoms with Crippen LogP contribution in [0.5, 0.6) is 5.75 Å². The van der Waals surface area contributed by atoms with Crippen molar-refractivity contribution in [3.8, 4) is 5.75 Å². The first kappa shape index (κ1) is 25.3. The zero-order chi connectivity index (χ0) is 22.2. The number of rotatable bonds is 13. The second-order valence-electron chi connectivity index (χ2n) is 6.40. The number of aliphatic hydroxyl groups excluding tert-OH is 3. The van der Waals surface area contributed by atoms with Crippen LogP contribution in [0.1, 0.15) is 19.3 Å². The Hall–Kier alpha value is -2.74. The van der Waals surface area contributed by atoms with E-state index in [2.05, 4.69) is 4.74 Å². The molecule has 0 aliphatic rings. The molecule has 1 aromatic rings. The Morgan fingerprint density at radius 3 is 2.23 bits per heavy atom. The highest BCUT2D eigenvalue weighted by Crippen LogP contribution is 2.11. The van der Waals surface area contributed by atoms with Crippen molar-refractivity contribution in [2.75, 3.05) is 13.7 Å². The van der Waals surface area contributed by atoms with Crippen molar-refractivity contribution >= 4 is 5.97 Å². The first-order valence-electron chi connectivity index (χ1n) is 9.60. The summed E-state index contributed by atoms with van der Waals surface area (Å²) in [7, 11) is 1.31. The monoisotopic (exact) mass is 420 g/mol. The summed E-state index contributed by atoms with van der Waals surface area (Å²) in [6, 6.07) is 5.54. The number of carbonyl (C=O) groups is 1. The van der Waals surface area contributed by atoms with E-state index < -0.39 is 18.3 Å². The molecule has 0 aliphatic carbocycles. The maximum Gasteiger partial charge on any atom is 0.305 e. The predicted octanol–water partition coefficient (Wildman–Crippen LogP) is 2.86. The molecule has 7 heteroatoms. The summed E-state index contributed by atoms with van der Waals surface area (Å²) in [6.45, 7) is 0.0500. The fourth-order valence-corrected chi connectivity index (χ4v) is 2.25. The van der Waals surface area contributed by atoms with E-state index in [-0.39, 0.29) is 24.8 Å². The Bertz CT molecular complexity index is 724. The summed E-state index contributed by atoms with van der Waals surface area (Å²) in [4.78, 5) is 11.0. The Balaban J connectivity index is 2.23. The molecule has 1 aromatic carbocycles. The number of ether oxygens (including phenoxy) is 2. The molecule has 3 atom stereocenters. The van der Waals surface area contributed by atoms with Gasteiger partial charge in [-0.25, -0.2) is 4.39 Å². The van der Waals surface area contributed by atoms with E-state index in [0.29, 0.717) is 18.6 Å². The Morgan fingerprint density at radius 2 is 1.60 bits per heavy atom. The standard InChI is InChI=1S/C23H29FO6/c1-29-23(28)12-8-11-22(27)21(26)10-7-5-3-2-4-6-9-19(25)17-30-20-15-13-18(24)14-16-20/h2-7,9-10,13-16,19,21-22,25-27H,8,11-12,17H2,1H3/t19-,21+,22+/m0/s1. The Morgan fingerprint density at radius 1 is 1.00 bits per heavy atom. The lowest BCUT2D eigenvalue weighted by atomic mass is 10.1. The molecule has 0 aliphatic heterocycles. The van der Waals surface area contributed by atoms with Gasteiger partial charge < -0.3 is 24.8 Å². The molecule has 0 fully saturated rings. The Labute approximate surface area is 176 Å². The fraction of sp³-hybridized carbons (Fsp3) is 0.348. The summed E-state index contributed by atoms with van der Waals surface area (Å²) < 4.78 is 22.6. The van der Waals surface area contributed by atoms with Gasteiger partial charge in [0.2, 0.25) is 0 Å². The van der Waals surface area contributed by atoms with Gasteiger partial charge in [-0.15, -0.1) is 0 Å². The SMILES string of the molecule is COC(=O)CCC[C@@H](O)[C@H](O)C=CC=CC=CC=C[C@H](O)COc1ccc(F)cc1. The van der Waals surface area contributed by atoms with Crippen LogP contribution in [0, 0.1) is 5.82 Å². The zero-order valence-corrected chi connectivity index (χ0v) is 16.9. The molecule has 0 aromatic heterocycles. The number of hydrogen-bond donors (Lipinski definition) is 3. The first-order chi connectivity index (χ1) is 14.4. The molecular formula is C23H29FO6. The summed E-state index contributed by atoms with van der Waals surface area (Å²) in [6.07, 6.45) is 11.3. The largest absolute Gasteiger partial charge is 0.491 e. The van der Waals surface area contributed by atoms with Gasteiger partial charge in [0.25, 0.3) is 0 Å². The van der Waals surface area contributed by atoms with Gasteiger partial charge in [0.15, 0.2) is 0 Å². The second kappa shape index (κ2) is 15.1. The third-order valence-electron chi connectivity index (χ3n) is 3.93. The van der Waals surface area contributed by atoms with Crippen molar-refractivity contribution < 1.29 is 34.0 Å². The number of allylic oxidation sites excluding steroid dienone is 6. The van der Waals surface area contributed by atoms with Crippen molar-refractivity contribution in [2.45, 2.75) is 37.6 Å². The molecule has 0 amide bonds. The molecule has 0 unspecified atom stereocenters. The maximum atomic E-state index is 12.8. The minimum Gasteiger partial charge on any atom is -0.491 e. The maximum absolute atomic E-state index is 12.8. The fourth-order valence-electron chi connectivity index (χ4n) is 2.25. The lowest BCUT2D eigenvalue weighted by Crippen LogP contribution is -2.23. The molecule has 0 heterocycles. The third-order valence-corrected chi connectivity index (χ3v) is 3.93. The van der Waals surface area contributed by atoms with Crippen LogP contribution >= 0.6 is 0 Å². The number of aliphatic hydroxyl groups is 3. The Kier molecular flexibility index (Phi) is 12.8. The van der Waals surface area contributed by atoms with Crippen LogP contribution in [0.25, 0.3) is 0 Å². The molecular weight excluding hydrogens is 391 g/mol. The normalized spacial score (nSPS) is 15.2. The number of methoxy groups -OCH3 is 1. The first-order valence-corrected chi connectivity index (χ1v) is 9.60. The van der Waals surface area contributed by atoms with E-state index in [0.717, 1.165) is 0 Å². The number of halogens is 1. The quantitative estimate of drug-likeness (QED) is 0.335. The molecule has 0 spiro atoms. The van der Waals surface area contributed by atoms with E-state index in [1.807, 2.05) is 0 Å². The average Bonchev–Trinajstić information content (AvgIpc) is 2.74. The van der Waals surface area contributed by atoms with Crippen molar-refractivity contribution in [3.05, 3.63) is 78.7 Å². The molecule has 0 radical (unpaired) electrons. The molecule has 164 valence electrons. The van der Waals surface area contributed by atoms with Crippen LogP contribution in [0.3, 0.4) is 0 Å². The van der Waals surface area contributed by atoms with Crippen LogP contribution in [-0.4, -0.2) is 53.3 Å². The number of carbonyl (C=O) groups excluding carboxylic acids is 1. The second-order valence-corrected chi connectivity index (χ2v) is 6.40. The van der Waals surface area contributed by atoms with Crippen molar-refractivity contribution in [1.29, 1.82) is 0 Å². The van der Waals surface area contributed by atoms with Gasteiger partial charge in [-0.1, -0.05) is 48.6 Å². The summed E-state index contributed by atoms with van der Waals surface area (Å²) in [5, 5.41) is 29.4. The molecule has 0 bridgehead atoms. The summed E-state index contributed by atoms with van der Waals surface area (Å²) in [5.41, 5.74) is 0. The predicted molar refractivity (Wildman–Crippen MR) is 112 cm³/mol. The van der Waals surface area contributed by atoms with Crippen LogP contribution in [-0.2, 0) is 9.53 Å². The number of benzene rings is 1. The molecule has 3 N–H and O–H groups in total. The molecule has 0 saturated carbocycles. The van der Waals surface area contributed by atoms with E-state index in [1.165, 1.54) is 37.5 Å². The minimum atomic E-state index is -1.02. The van der Waals surface area contributed by atoms with Crippen molar-refractivity contribution in [3.63, 3.8) is 0 Å². The van der Waals surface area contributed by atoms with Crippen LogP contribution in [0.2, 0.25) is 0 Å². The van der Waals surface area contributed by atoms with Gasteiger partial charge in [0.1, 0.15) is 24.3 Å². The highest BCUT2D eigenvalue weighted by Gasteiger charge is 2.13. The topological polar surface area (TPSA) is 96.2 Å². The van der Waals surface area contributed by atoms with E-state index in [4.69, 9.17) is 4.74 Å². The average molecular weight is 420 g/mol.